The normalized spacial score (nSPS) is 16.8. The first kappa shape index (κ1) is 18.9. The van der Waals surface area contributed by atoms with Crippen LogP contribution in [0.4, 0.5) is 0 Å². The van der Waals surface area contributed by atoms with Gasteiger partial charge in [0, 0.05) is 29.6 Å². The Morgan fingerprint density at radius 1 is 1.15 bits per heavy atom. The summed E-state index contributed by atoms with van der Waals surface area (Å²) in [7, 11) is 0. The first-order valence-corrected chi connectivity index (χ1v) is 9.88. The number of halogens is 1. The van der Waals surface area contributed by atoms with Crippen LogP contribution in [0.15, 0.2) is 59.1 Å². The molecule has 2 aromatic carbocycles. The zero-order chi connectivity index (χ0) is 18.4. The van der Waals surface area contributed by atoms with Gasteiger partial charge in [-0.2, -0.15) is 0 Å². The molecule has 4 nitrogen and oxygen atoms in total. The van der Waals surface area contributed by atoms with Gasteiger partial charge < -0.3 is 10.1 Å². The van der Waals surface area contributed by atoms with E-state index in [-0.39, 0.29) is 18.6 Å². The van der Waals surface area contributed by atoms with Crippen molar-refractivity contribution in [1.82, 2.24) is 10.2 Å². The molecule has 1 N–H and O–H groups in total. The molecule has 1 fully saturated rings. The fraction of sp³-hybridized carbons (Fsp3) is 0.381. The highest BCUT2D eigenvalue weighted by Crippen LogP contribution is 2.24. The van der Waals surface area contributed by atoms with Crippen molar-refractivity contribution in [1.29, 1.82) is 0 Å². The summed E-state index contributed by atoms with van der Waals surface area (Å²) in [5, 5.41) is 3.10. The van der Waals surface area contributed by atoms with Gasteiger partial charge in [0.15, 0.2) is 6.61 Å². The van der Waals surface area contributed by atoms with Crippen LogP contribution < -0.4 is 10.1 Å². The molecular formula is C21H25BrN2O2. The van der Waals surface area contributed by atoms with E-state index in [0.717, 1.165) is 30.4 Å². The van der Waals surface area contributed by atoms with Crippen molar-refractivity contribution < 1.29 is 9.53 Å². The first-order valence-electron chi connectivity index (χ1n) is 9.08. The van der Waals surface area contributed by atoms with Gasteiger partial charge in [-0.25, -0.2) is 0 Å². The number of carbonyl (C=O) groups excluding carboxylic acids is 1. The first-order chi connectivity index (χ1) is 12.6. The van der Waals surface area contributed by atoms with Gasteiger partial charge in [0.1, 0.15) is 5.75 Å². The molecule has 1 amide bonds. The molecule has 1 heterocycles. The average Bonchev–Trinajstić information content (AvgIpc) is 2.68. The molecule has 3 rings (SSSR count). The standard InChI is InChI=1S/C21H25BrN2O2/c1-16(17-5-3-2-4-6-17)24-13-11-19(12-14-24)23-21(25)15-26-20-9-7-18(22)8-10-20/h2-10,16,19H,11-15H2,1H3,(H,23,25)/t16-/m1/s1. The van der Waals surface area contributed by atoms with E-state index in [1.54, 1.807) is 0 Å². The molecule has 0 unspecified atom stereocenters. The van der Waals surface area contributed by atoms with Crippen LogP contribution in [0.5, 0.6) is 5.75 Å². The second-order valence-corrected chi connectivity index (χ2v) is 7.62. The Morgan fingerprint density at radius 2 is 1.81 bits per heavy atom. The molecule has 2 aromatic rings. The summed E-state index contributed by atoms with van der Waals surface area (Å²) >= 11 is 3.38. The zero-order valence-electron chi connectivity index (χ0n) is 15.0. The summed E-state index contributed by atoms with van der Waals surface area (Å²) in [6.07, 6.45) is 1.95. The highest BCUT2D eigenvalue weighted by Gasteiger charge is 2.24. The van der Waals surface area contributed by atoms with E-state index in [0.29, 0.717) is 11.8 Å². The molecule has 0 saturated carbocycles. The number of hydrogen-bond donors (Lipinski definition) is 1. The Labute approximate surface area is 163 Å². The molecule has 26 heavy (non-hydrogen) atoms. The van der Waals surface area contributed by atoms with Crippen LogP contribution in [0.3, 0.4) is 0 Å². The summed E-state index contributed by atoms with van der Waals surface area (Å²) in [6.45, 7) is 4.30. The smallest absolute Gasteiger partial charge is 0.258 e. The van der Waals surface area contributed by atoms with Crippen molar-refractivity contribution in [2.24, 2.45) is 0 Å². The molecular weight excluding hydrogens is 392 g/mol. The number of amides is 1. The summed E-state index contributed by atoms with van der Waals surface area (Å²) in [5.74, 6) is 0.650. The number of ether oxygens (including phenoxy) is 1. The maximum absolute atomic E-state index is 12.1. The minimum absolute atomic E-state index is 0.0533. The minimum Gasteiger partial charge on any atom is -0.484 e. The molecule has 0 aromatic heterocycles. The zero-order valence-corrected chi connectivity index (χ0v) is 16.6. The number of benzene rings is 2. The lowest BCUT2D eigenvalue weighted by atomic mass is 10.00. The Balaban J connectivity index is 1.40. The number of rotatable bonds is 6. The molecule has 1 saturated heterocycles. The summed E-state index contributed by atoms with van der Waals surface area (Å²) in [6, 6.07) is 18.7. The van der Waals surface area contributed by atoms with Crippen LogP contribution in [0.2, 0.25) is 0 Å². The number of hydrogen-bond acceptors (Lipinski definition) is 3. The fourth-order valence-corrected chi connectivity index (χ4v) is 3.59. The van der Waals surface area contributed by atoms with Crippen molar-refractivity contribution in [3.8, 4) is 5.75 Å². The van der Waals surface area contributed by atoms with Gasteiger partial charge in [0.05, 0.1) is 0 Å². The SMILES string of the molecule is C[C@H](c1ccccc1)N1CCC(NC(=O)COc2ccc(Br)cc2)CC1. The van der Waals surface area contributed by atoms with Crippen molar-refractivity contribution in [3.63, 3.8) is 0 Å². The van der Waals surface area contributed by atoms with Gasteiger partial charge >= 0.3 is 0 Å². The molecule has 0 bridgehead atoms. The molecule has 0 radical (unpaired) electrons. The van der Waals surface area contributed by atoms with Gasteiger partial charge in [0.25, 0.3) is 5.91 Å². The van der Waals surface area contributed by atoms with E-state index in [1.165, 1.54) is 5.56 Å². The second kappa shape index (κ2) is 9.19. The number of nitrogens with zero attached hydrogens (tertiary/aromatic N) is 1. The highest BCUT2D eigenvalue weighted by molar-refractivity contribution is 9.10. The predicted octanol–water partition coefficient (Wildman–Crippen LogP) is 4.17. The number of carbonyl (C=O) groups is 1. The van der Waals surface area contributed by atoms with Crippen molar-refractivity contribution in [3.05, 3.63) is 64.6 Å². The topological polar surface area (TPSA) is 41.6 Å². The molecule has 1 aliphatic heterocycles. The van der Waals surface area contributed by atoms with Gasteiger partial charge in [-0.3, -0.25) is 9.69 Å². The van der Waals surface area contributed by atoms with E-state index >= 15 is 0 Å². The van der Waals surface area contributed by atoms with E-state index < -0.39 is 0 Å². The highest BCUT2D eigenvalue weighted by atomic mass is 79.9. The van der Waals surface area contributed by atoms with Gasteiger partial charge in [-0.15, -0.1) is 0 Å². The molecule has 138 valence electrons. The lowest BCUT2D eigenvalue weighted by molar-refractivity contribution is -0.124. The number of nitrogens with one attached hydrogen (secondary N) is 1. The Bertz CT molecular complexity index is 698. The van der Waals surface area contributed by atoms with Crippen LogP contribution >= 0.6 is 15.9 Å². The van der Waals surface area contributed by atoms with Crippen LogP contribution in [0.25, 0.3) is 0 Å². The van der Waals surface area contributed by atoms with Crippen LogP contribution in [-0.4, -0.2) is 36.5 Å². The predicted molar refractivity (Wildman–Crippen MR) is 107 cm³/mol. The third-order valence-corrected chi connectivity index (χ3v) is 5.44. The number of likely N-dealkylation sites (tertiary alicyclic amines) is 1. The van der Waals surface area contributed by atoms with Crippen LogP contribution in [0.1, 0.15) is 31.4 Å². The quantitative estimate of drug-likeness (QED) is 0.767. The van der Waals surface area contributed by atoms with Crippen LogP contribution in [0, 0.1) is 0 Å². The Morgan fingerprint density at radius 3 is 2.46 bits per heavy atom. The van der Waals surface area contributed by atoms with Gasteiger partial charge in [-0.05, 0) is 49.6 Å². The largest absolute Gasteiger partial charge is 0.484 e. The molecule has 0 spiro atoms. The van der Waals surface area contributed by atoms with Crippen molar-refractivity contribution in [2.45, 2.75) is 31.8 Å². The lowest BCUT2D eigenvalue weighted by Gasteiger charge is -2.36. The van der Waals surface area contributed by atoms with Crippen molar-refractivity contribution >= 4 is 21.8 Å². The molecule has 0 aliphatic carbocycles. The minimum atomic E-state index is -0.0533. The average molecular weight is 417 g/mol. The third-order valence-electron chi connectivity index (χ3n) is 4.91. The second-order valence-electron chi connectivity index (χ2n) is 6.71. The maximum Gasteiger partial charge on any atom is 0.258 e. The fourth-order valence-electron chi connectivity index (χ4n) is 3.32. The van der Waals surface area contributed by atoms with E-state index in [4.69, 9.17) is 4.74 Å². The van der Waals surface area contributed by atoms with Gasteiger partial charge in [-0.1, -0.05) is 46.3 Å². The van der Waals surface area contributed by atoms with E-state index in [2.05, 4.69) is 57.3 Å². The Hall–Kier alpha value is -1.85. The molecule has 5 heteroatoms. The van der Waals surface area contributed by atoms with Crippen LogP contribution in [-0.2, 0) is 4.79 Å². The lowest BCUT2D eigenvalue weighted by Crippen LogP contribution is -2.46. The Kier molecular flexibility index (Phi) is 6.69. The van der Waals surface area contributed by atoms with E-state index in [1.807, 2.05) is 30.3 Å². The van der Waals surface area contributed by atoms with E-state index in [9.17, 15) is 4.79 Å². The molecule has 1 atom stereocenters. The molecule has 1 aliphatic rings. The van der Waals surface area contributed by atoms with Gasteiger partial charge in [0.2, 0.25) is 0 Å². The van der Waals surface area contributed by atoms with Crippen molar-refractivity contribution in [2.75, 3.05) is 19.7 Å². The maximum atomic E-state index is 12.1. The monoisotopic (exact) mass is 416 g/mol. The summed E-state index contributed by atoms with van der Waals surface area (Å²) in [5.41, 5.74) is 1.35. The number of piperidine rings is 1. The summed E-state index contributed by atoms with van der Waals surface area (Å²) in [4.78, 5) is 14.6. The third kappa shape index (κ3) is 5.32. The summed E-state index contributed by atoms with van der Waals surface area (Å²) < 4.78 is 6.53.